The van der Waals surface area contributed by atoms with Gasteiger partial charge in [0.2, 0.25) is 0 Å². The van der Waals surface area contributed by atoms with Gasteiger partial charge in [0.05, 0.1) is 0 Å². The Morgan fingerprint density at radius 1 is 1.47 bits per heavy atom. The lowest BCUT2D eigenvalue weighted by Gasteiger charge is -2.04. The zero-order valence-corrected chi connectivity index (χ0v) is 10.5. The Bertz CT molecular complexity index is 334. The lowest BCUT2D eigenvalue weighted by molar-refractivity contribution is 0.248. The highest BCUT2D eigenvalue weighted by molar-refractivity contribution is 7.79. The molecule has 3 nitrogen and oxygen atoms in total. The van der Waals surface area contributed by atoms with Gasteiger partial charge in [-0.2, -0.15) is 12.6 Å². The molecule has 84 valence electrons. The van der Waals surface area contributed by atoms with E-state index in [-0.39, 0.29) is 6.54 Å². The van der Waals surface area contributed by atoms with Gasteiger partial charge in [-0.15, -0.1) is 0 Å². The van der Waals surface area contributed by atoms with Crippen LogP contribution in [0.25, 0.3) is 0 Å². The topological polar surface area (TPSA) is 55.1 Å². The van der Waals surface area contributed by atoms with Gasteiger partial charge in [0.25, 0.3) is 0 Å². The average molecular weight is 267 g/mol. The normalized spacial score (nSPS) is 8.80. The van der Waals surface area contributed by atoms with Gasteiger partial charge in [0.1, 0.15) is 0 Å². The molecule has 0 unspecified atom stereocenters. The van der Waals surface area contributed by atoms with Crippen LogP contribution in [0.3, 0.4) is 0 Å². The number of carbonyl (C=O) groups excluding carboxylic acids is 1. The summed E-state index contributed by atoms with van der Waals surface area (Å²) in [5.74, 6) is 0. The van der Waals surface area contributed by atoms with Gasteiger partial charge in [-0.05, 0) is 30.0 Å². The molecule has 1 rings (SSSR count). The molecule has 0 fully saturated rings. The molecule has 3 N–H and O–H groups in total. The zero-order valence-electron chi connectivity index (χ0n) is 8.13. The van der Waals surface area contributed by atoms with Crippen LogP contribution in [0, 0.1) is 0 Å². The van der Waals surface area contributed by atoms with Crippen LogP contribution < -0.4 is 11.1 Å². The molecule has 0 saturated heterocycles. The van der Waals surface area contributed by atoms with Crippen molar-refractivity contribution in [3.8, 4) is 0 Å². The lowest BCUT2D eigenvalue weighted by Crippen LogP contribution is -2.28. The number of halogens is 2. The number of benzene rings is 1. The van der Waals surface area contributed by atoms with Crippen LogP contribution in [0.15, 0.2) is 18.2 Å². The fourth-order valence-corrected chi connectivity index (χ4v) is 1.24. The monoisotopic (exact) mass is 266 g/mol. The number of carbonyl (C=O) groups is 1. The largest absolute Gasteiger partial charge is 0.352 e. The predicted octanol–water partition coefficient (Wildman–Crippen LogP) is 2.71. The molecule has 2 amide bonds. The molecule has 6 heteroatoms. The summed E-state index contributed by atoms with van der Waals surface area (Å²) in [5, 5.41) is 3.55. The van der Waals surface area contributed by atoms with Gasteiger partial charge in [0, 0.05) is 16.6 Å². The molecule has 0 aliphatic carbocycles. The first-order valence-electron chi connectivity index (χ1n) is 4.01. The Morgan fingerprint density at radius 3 is 2.60 bits per heavy atom. The van der Waals surface area contributed by atoms with E-state index < -0.39 is 6.03 Å². The van der Waals surface area contributed by atoms with Crippen molar-refractivity contribution < 1.29 is 4.79 Å². The molecule has 1 aromatic rings. The van der Waals surface area contributed by atoms with Crippen LogP contribution in [0.2, 0.25) is 10.0 Å². The van der Waals surface area contributed by atoms with E-state index in [0.717, 1.165) is 5.56 Å². The van der Waals surface area contributed by atoms with Crippen molar-refractivity contribution in [2.75, 3.05) is 6.26 Å². The molecule has 0 bridgehead atoms. The summed E-state index contributed by atoms with van der Waals surface area (Å²) in [6.45, 7) is 0.286. The number of nitrogens with one attached hydrogen (secondary N) is 1. The van der Waals surface area contributed by atoms with Crippen LogP contribution >= 0.6 is 35.8 Å². The van der Waals surface area contributed by atoms with E-state index in [2.05, 4.69) is 17.9 Å². The minimum atomic E-state index is -0.587. The second-order valence-corrected chi connectivity index (χ2v) is 3.30. The molecule has 0 spiro atoms. The predicted molar refractivity (Wildman–Crippen MR) is 67.8 cm³/mol. The minimum Gasteiger partial charge on any atom is -0.352 e. The second-order valence-electron chi connectivity index (χ2n) is 2.45. The first-order chi connectivity index (χ1) is 7.09. The number of hydrogen-bond acceptors (Lipinski definition) is 2. The molecule has 0 saturated carbocycles. The Balaban J connectivity index is 0.000000921. The first-order valence-corrected chi connectivity index (χ1v) is 5.66. The summed E-state index contributed by atoms with van der Waals surface area (Å²) >= 11 is 15.1. The molecular weight excluding hydrogens is 255 g/mol. The maximum Gasteiger partial charge on any atom is 0.312 e. The number of hydrogen-bond donors (Lipinski definition) is 3. The first kappa shape index (κ1) is 14.4. The third-order valence-electron chi connectivity index (χ3n) is 1.46. The van der Waals surface area contributed by atoms with Crippen molar-refractivity contribution in [3.05, 3.63) is 33.8 Å². The fourth-order valence-electron chi connectivity index (χ4n) is 0.861. The van der Waals surface area contributed by atoms with Crippen molar-refractivity contribution in [3.63, 3.8) is 0 Å². The van der Waals surface area contributed by atoms with Crippen molar-refractivity contribution in [1.82, 2.24) is 5.32 Å². The molecule has 0 heterocycles. The summed E-state index contributed by atoms with van der Waals surface area (Å²) in [7, 11) is 0. The highest BCUT2D eigenvalue weighted by Crippen LogP contribution is 2.20. The summed E-state index contributed by atoms with van der Waals surface area (Å²) in [6, 6.07) is 4.44. The standard InChI is InChI=1S/C8H8Cl2N2O.CH4S/c9-6-1-2-7(10)5(3-6)4-12-8(11)13;1-2/h1-3H,4H2,(H3,11,12,13);2H,1H3. The van der Waals surface area contributed by atoms with E-state index >= 15 is 0 Å². The van der Waals surface area contributed by atoms with Crippen molar-refractivity contribution in [2.24, 2.45) is 5.73 Å². The Kier molecular flexibility index (Phi) is 7.38. The van der Waals surface area contributed by atoms with Gasteiger partial charge in [-0.3, -0.25) is 0 Å². The van der Waals surface area contributed by atoms with Crippen LogP contribution in [0.4, 0.5) is 4.79 Å². The Labute approximate surface area is 104 Å². The van der Waals surface area contributed by atoms with Crippen LogP contribution in [-0.4, -0.2) is 12.3 Å². The minimum absolute atomic E-state index is 0.286. The molecule has 0 atom stereocenters. The molecule has 0 aliphatic heterocycles. The van der Waals surface area contributed by atoms with E-state index in [4.69, 9.17) is 28.9 Å². The maximum absolute atomic E-state index is 10.4. The van der Waals surface area contributed by atoms with Crippen molar-refractivity contribution in [2.45, 2.75) is 6.54 Å². The molecule has 0 aromatic heterocycles. The summed E-state index contributed by atoms with van der Waals surface area (Å²) < 4.78 is 0. The van der Waals surface area contributed by atoms with Gasteiger partial charge in [-0.25, -0.2) is 4.79 Å². The van der Waals surface area contributed by atoms with Gasteiger partial charge >= 0.3 is 6.03 Å². The number of nitrogens with two attached hydrogens (primary N) is 1. The number of amides is 2. The summed E-state index contributed by atoms with van der Waals surface area (Å²) in [6.07, 6.45) is 1.69. The van der Waals surface area contributed by atoms with Gasteiger partial charge in [0.15, 0.2) is 0 Å². The highest BCUT2D eigenvalue weighted by atomic mass is 35.5. The van der Waals surface area contributed by atoms with Crippen molar-refractivity contribution >= 4 is 41.9 Å². The Hall–Kier alpha value is -0.580. The second kappa shape index (κ2) is 7.68. The van der Waals surface area contributed by atoms with E-state index in [1.54, 1.807) is 24.5 Å². The number of urea groups is 1. The van der Waals surface area contributed by atoms with Gasteiger partial charge in [-0.1, -0.05) is 23.2 Å². The third-order valence-corrected chi connectivity index (χ3v) is 2.06. The fraction of sp³-hybridized carbons (Fsp3) is 0.222. The third kappa shape index (κ3) is 5.77. The van der Waals surface area contributed by atoms with Crippen molar-refractivity contribution in [1.29, 1.82) is 0 Å². The van der Waals surface area contributed by atoms with E-state index in [9.17, 15) is 4.79 Å². The SMILES string of the molecule is CS.NC(=O)NCc1cc(Cl)ccc1Cl. The van der Waals surface area contributed by atoms with Gasteiger partial charge < -0.3 is 11.1 Å². The summed E-state index contributed by atoms with van der Waals surface area (Å²) in [5.41, 5.74) is 5.65. The number of thiol groups is 1. The number of rotatable bonds is 2. The molecule has 15 heavy (non-hydrogen) atoms. The van der Waals surface area contributed by atoms with Crippen LogP contribution in [0.5, 0.6) is 0 Å². The average Bonchev–Trinajstić information content (AvgIpc) is 2.22. The zero-order chi connectivity index (χ0) is 11.8. The maximum atomic E-state index is 10.4. The number of primary amides is 1. The molecule has 0 radical (unpaired) electrons. The van der Waals surface area contributed by atoms with E-state index in [0.29, 0.717) is 10.0 Å². The molecule has 1 aromatic carbocycles. The quantitative estimate of drug-likeness (QED) is 0.709. The van der Waals surface area contributed by atoms with Crippen LogP contribution in [-0.2, 0) is 6.54 Å². The van der Waals surface area contributed by atoms with Crippen LogP contribution in [0.1, 0.15) is 5.56 Å². The van der Waals surface area contributed by atoms with E-state index in [1.807, 2.05) is 0 Å². The smallest absolute Gasteiger partial charge is 0.312 e. The molecular formula is C9H12Cl2N2OS. The summed E-state index contributed by atoms with van der Waals surface area (Å²) in [4.78, 5) is 10.4. The van der Waals surface area contributed by atoms with E-state index in [1.165, 1.54) is 0 Å². The molecule has 0 aliphatic rings. The Morgan fingerprint density at radius 2 is 2.07 bits per heavy atom. The lowest BCUT2D eigenvalue weighted by atomic mass is 10.2. The highest BCUT2D eigenvalue weighted by Gasteiger charge is 2.01.